The number of aromatic nitrogens is 2. The number of hydrogen-bond acceptors (Lipinski definition) is 5. The molecule has 6 nitrogen and oxygen atoms in total. The monoisotopic (exact) mass is 394 g/mol. The van der Waals surface area contributed by atoms with Crippen molar-refractivity contribution in [1.29, 1.82) is 0 Å². The number of hydrogen-bond donors (Lipinski definition) is 1. The minimum atomic E-state index is -0.929. The van der Waals surface area contributed by atoms with Crippen LogP contribution in [0.2, 0.25) is 0 Å². The van der Waals surface area contributed by atoms with Gasteiger partial charge in [0, 0.05) is 43.7 Å². The number of benzene rings is 1. The highest BCUT2D eigenvalue weighted by Crippen LogP contribution is 2.26. The van der Waals surface area contributed by atoms with E-state index in [2.05, 4.69) is 10.3 Å². The zero-order chi connectivity index (χ0) is 20.4. The summed E-state index contributed by atoms with van der Waals surface area (Å²) < 4.78 is 6.03. The maximum Gasteiger partial charge on any atom is 0.266 e. The number of nitrogens with zero attached hydrogens (tertiary/aromatic N) is 3. The number of aryl methyl sites for hydroxylation is 1. The lowest BCUT2D eigenvalue weighted by molar-refractivity contribution is -0.146. The van der Waals surface area contributed by atoms with Crippen LogP contribution in [0.1, 0.15) is 55.3 Å². The molecule has 0 unspecified atom stereocenters. The van der Waals surface area contributed by atoms with Gasteiger partial charge in [0.25, 0.3) is 5.91 Å². The van der Waals surface area contributed by atoms with Crippen LogP contribution in [0, 0.1) is 6.92 Å². The first-order chi connectivity index (χ1) is 13.9. The lowest BCUT2D eigenvalue weighted by Crippen LogP contribution is -2.50. The molecule has 1 fully saturated rings. The van der Waals surface area contributed by atoms with E-state index in [1.54, 1.807) is 0 Å². The third-order valence-electron chi connectivity index (χ3n) is 5.81. The molecule has 1 amide bonds. The van der Waals surface area contributed by atoms with E-state index < -0.39 is 5.60 Å². The molecule has 0 spiro atoms. The fourth-order valence-electron chi connectivity index (χ4n) is 4.10. The number of ether oxygens (including phenoxy) is 1. The van der Waals surface area contributed by atoms with Gasteiger partial charge in [-0.15, -0.1) is 0 Å². The molecule has 29 heavy (non-hydrogen) atoms. The summed E-state index contributed by atoms with van der Waals surface area (Å²) in [6.07, 6.45) is 4.99. The van der Waals surface area contributed by atoms with Gasteiger partial charge in [-0.05, 0) is 52.3 Å². The minimum absolute atomic E-state index is 0.00992. The summed E-state index contributed by atoms with van der Waals surface area (Å²) >= 11 is 0. The summed E-state index contributed by atoms with van der Waals surface area (Å²) in [5.41, 5.74) is 2.36. The Morgan fingerprint density at radius 2 is 2.07 bits per heavy atom. The molecule has 0 bridgehead atoms. The van der Waals surface area contributed by atoms with Crippen molar-refractivity contribution < 1.29 is 9.53 Å². The molecule has 2 aliphatic rings. The Hall–Kier alpha value is -2.47. The molecule has 2 aliphatic heterocycles. The van der Waals surface area contributed by atoms with Gasteiger partial charge in [0.05, 0.1) is 5.69 Å². The predicted molar refractivity (Wildman–Crippen MR) is 112 cm³/mol. The Morgan fingerprint density at radius 1 is 1.28 bits per heavy atom. The molecular weight excluding hydrogens is 364 g/mol. The number of carbonyl (C=O) groups is 1. The topological polar surface area (TPSA) is 67.3 Å². The third-order valence-corrected chi connectivity index (χ3v) is 5.81. The van der Waals surface area contributed by atoms with Gasteiger partial charge in [-0.1, -0.05) is 17.7 Å². The largest absolute Gasteiger partial charge is 0.478 e. The van der Waals surface area contributed by atoms with Gasteiger partial charge >= 0.3 is 0 Å². The molecule has 3 heterocycles. The Balaban J connectivity index is 1.44. The predicted octanol–water partition coefficient (Wildman–Crippen LogP) is 2.99. The quantitative estimate of drug-likeness (QED) is 0.864. The van der Waals surface area contributed by atoms with Crippen molar-refractivity contribution >= 4 is 5.91 Å². The minimum Gasteiger partial charge on any atom is -0.478 e. The SMILES string of the molecule is Cc1ccc(OC(C)(C)C(=O)N2CCc3nc([C@@H]4CCCNC4)ncc3C2)cc1. The van der Waals surface area contributed by atoms with Crippen LogP contribution in [-0.4, -0.2) is 46.0 Å². The van der Waals surface area contributed by atoms with Crippen molar-refractivity contribution in [3.8, 4) is 5.75 Å². The third kappa shape index (κ3) is 4.42. The van der Waals surface area contributed by atoms with Gasteiger partial charge in [-0.25, -0.2) is 9.97 Å². The fraction of sp³-hybridized carbons (Fsp3) is 0.522. The molecule has 0 aliphatic carbocycles. The van der Waals surface area contributed by atoms with Crippen LogP contribution >= 0.6 is 0 Å². The zero-order valence-corrected chi connectivity index (χ0v) is 17.6. The Bertz CT molecular complexity index is 873. The molecule has 6 heteroatoms. The standard InChI is InChI=1S/C23H30N4O2/c1-16-6-8-19(9-7-16)29-23(2,3)22(28)27-12-10-20-18(15-27)14-25-21(26-20)17-5-4-11-24-13-17/h6-9,14,17,24H,4-5,10-13,15H2,1-3H3/t17-/m1/s1. The van der Waals surface area contributed by atoms with Crippen molar-refractivity contribution in [3.63, 3.8) is 0 Å². The van der Waals surface area contributed by atoms with Crippen LogP contribution in [-0.2, 0) is 17.8 Å². The maximum atomic E-state index is 13.2. The van der Waals surface area contributed by atoms with E-state index in [0.717, 1.165) is 48.6 Å². The first-order valence-electron chi connectivity index (χ1n) is 10.5. The maximum absolute atomic E-state index is 13.2. The van der Waals surface area contributed by atoms with Gasteiger partial charge in [0.2, 0.25) is 0 Å². The molecule has 2 aromatic rings. The molecule has 1 aromatic carbocycles. The fourth-order valence-corrected chi connectivity index (χ4v) is 4.10. The lowest BCUT2D eigenvalue weighted by atomic mass is 9.97. The average Bonchev–Trinajstić information content (AvgIpc) is 2.74. The number of fused-ring (bicyclic) bond motifs is 1. The highest BCUT2D eigenvalue weighted by atomic mass is 16.5. The van der Waals surface area contributed by atoms with Crippen LogP contribution < -0.4 is 10.1 Å². The molecule has 1 aromatic heterocycles. The van der Waals surface area contributed by atoms with E-state index in [0.29, 0.717) is 24.8 Å². The molecule has 0 radical (unpaired) electrons. The second kappa shape index (κ2) is 8.11. The highest BCUT2D eigenvalue weighted by molar-refractivity contribution is 5.85. The van der Waals surface area contributed by atoms with Gasteiger partial charge in [-0.2, -0.15) is 0 Å². The van der Waals surface area contributed by atoms with Crippen LogP contribution in [0.4, 0.5) is 0 Å². The molecule has 0 saturated carbocycles. The van der Waals surface area contributed by atoms with E-state index in [1.807, 2.05) is 56.1 Å². The number of amides is 1. The van der Waals surface area contributed by atoms with E-state index in [-0.39, 0.29) is 5.91 Å². The number of carbonyl (C=O) groups excluding carboxylic acids is 1. The van der Waals surface area contributed by atoms with Crippen molar-refractivity contribution in [2.75, 3.05) is 19.6 Å². The summed E-state index contributed by atoms with van der Waals surface area (Å²) in [6.45, 7) is 8.93. The van der Waals surface area contributed by atoms with E-state index in [1.165, 1.54) is 6.42 Å². The summed E-state index contributed by atoms with van der Waals surface area (Å²) in [7, 11) is 0. The van der Waals surface area contributed by atoms with Crippen LogP contribution in [0.25, 0.3) is 0 Å². The Kier molecular flexibility index (Phi) is 5.54. The molecule has 1 N–H and O–H groups in total. The molecule has 4 rings (SSSR count). The summed E-state index contributed by atoms with van der Waals surface area (Å²) in [5, 5.41) is 3.43. The van der Waals surface area contributed by atoms with Gasteiger partial charge in [0.15, 0.2) is 5.60 Å². The zero-order valence-electron chi connectivity index (χ0n) is 17.6. The number of piperidine rings is 1. The number of nitrogens with one attached hydrogen (secondary N) is 1. The van der Waals surface area contributed by atoms with E-state index in [9.17, 15) is 4.79 Å². The van der Waals surface area contributed by atoms with E-state index >= 15 is 0 Å². The normalized spacial score (nSPS) is 19.6. The van der Waals surface area contributed by atoms with Crippen LogP contribution in [0.15, 0.2) is 30.5 Å². The highest BCUT2D eigenvalue weighted by Gasteiger charge is 2.36. The first kappa shape index (κ1) is 19.8. The van der Waals surface area contributed by atoms with Crippen LogP contribution in [0.3, 0.4) is 0 Å². The average molecular weight is 395 g/mol. The molecule has 1 atom stereocenters. The first-order valence-corrected chi connectivity index (χ1v) is 10.5. The van der Waals surface area contributed by atoms with Crippen LogP contribution in [0.5, 0.6) is 5.75 Å². The summed E-state index contributed by atoms with van der Waals surface area (Å²) in [6, 6.07) is 7.80. The molecular formula is C23H30N4O2. The molecule has 1 saturated heterocycles. The van der Waals surface area contributed by atoms with Gasteiger partial charge in [0.1, 0.15) is 11.6 Å². The molecule has 154 valence electrons. The second-order valence-corrected chi connectivity index (χ2v) is 8.65. The van der Waals surface area contributed by atoms with Crippen molar-refractivity contribution in [2.24, 2.45) is 0 Å². The van der Waals surface area contributed by atoms with Crippen molar-refractivity contribution in [1.82, 2.24) is 20.2 Å². The second-order valence-electron chi connectivity index (χ2n) is 8.65. The Morgan fingerprint density at radius 3 is 2.79 bits per heavy atom. The van der Waals surface area contributed by atoms with Crippen molar-refractivity contribution in [3.05, 3.63) is 53.1 Å². The van der Waals surface area contributed by atoms with Crippen molar-refractivity contribution in [2.45, 2.75) is 58.1 Å². The lowest BCUT2D eigenvalue weighted by Gasteiger charge is -2.35. The summed E-state index contributed by atoms with van der Waals surface area (Å²) in [5.74, 6) is 2.04. The van der Waals surface area contributed by atoms with Gasteiger partial charge in [-0.3, -0.25) is 4.79 Å². The Labute approximate surface area is 172 Å². The smallest absolute Gasteiger partial charge is 0.266 e. The summed E-state index contributed by atoms with van der Waals surface area (Å²) in [4.78, 5) is 24.5. The number of rotatable bonds is 4. The van der Waals surface area contributed by atoms with Gasteiger partial charge < -0.3 is 15.0 Å². The van der Waals surface area contributed by atoms with E-state index in [4.69, 9.17) is 9.72 Å².